The maximum atomic E-state index is 12.5. The van der Waals surface area contributed by atoms with Gasteiger partial charge in [0.15, 0.2) is 0 Å². The highest BCUT2D eigenvalue weighted by Crippen LogP contribution is 2.18. The zero-order valence-electron chi connectivity index (χ0n) is 15.2. The minimum absolute atomic E-state index is 0.00360. The van der Waals surface area contributed by atoms with E-state index < -0.39 is 16.2 Å². The minimum Gasteiger partial charge on any atom is -0.363 e. The Morgan fingerprint density at radius 1 is 1.19 bits per heavy atom. The molecule has 0 saturated carbocycles. The average Bonchev–Trinajstić information content (AvgIpc) is 2.65. The van der Waals surface area contributed by atoms with Gasteiger partial charge >= 0.3 is 11.2 Å². The van der Waals surface area contributed by atoms with Gasteiger partial charge in [0.2, 0.25) is 5.82 Å². The lowest BCUT2D eigenvalue weighted by Crippen LogP contribution is -2.37. The first-order valence-electron chi connectivity index (χ1n) is 8.57. The summed E-state index contributed by atoms with van der Waals surface area (Å²) in [5.41, 5.74) is 0.285. The summed E-state index contributed by atoms with van der Waals surface area (Å²) in [5.74, 6) is -0.00360. The van der Waals surface area contributed by atoms with Crippen LogP contribution in [-0.4, -0.2) is 45.9 Å². The van der Waals surface area contributed by atoms with Crippen LogP contribution in [0.25, 0.3) is 5.65 Å². The molecule has 0 aliphatic carbocycles. The summed E-state index contributed by atoms with van der Waals surface area (Å²) in [4.78, 5) is 29.6. The molecule has 0 saturated heterocycles. The van der Waals surface area contributed by atoms with Gasteiger partial charge in [-0.1, -0.05) is 36.4 Å². The summed E-state index contributed by atoms with van der Waals surface area (Å²) in [5, 5.41) is 14.5. The smallest absolute Gasteiger partial charge is 0.363 e. The van der Waals surface area contributed by atoms with Crippen molar-refractivity contribution in [1.29, 1.82) is 0 Å². The molecule has 1 aromatic carbocycles. The number of fused-ring (bicyclic) bond motifs is 1. The lowest BCUT2D eigenvalue weighted by atomic mass is 10.1. The quantitative estimate of drug-likeness (QED) is 0.508. The van der Waals surface area contributed by atoms with E-state index in [2.05, 4.69) is 10.3 Å². The fraction of sp³-hybridized carbons (Fsp3) is 0.263. The van der Waals surface area contributed by atoms with Gasteiger partial charge in [-0.15, -0.1) is 0 Å². The Kier molecular flexibility index (Phi) is 5.46. The van der Waals surface area contributed by atoms with Crippen LogP contribution < -0.4 is 10.9 Å². The van der Waals surface area contributed by atoms with Gasteiger partial charge in [-0.3, -0.25) is 19.3 Å². The number of anilines is 1. The van der Waals surface area contributed by atoms with Gasteiger partial charge in [-0.2, -0.15) is 0 Å². The summed E-state index contributed by atoms with van der Waals surface area (Å²) in [6.07, 6.45) is 2.24. The molecule has 0 spiro atoms. The first-order valence-corrected chi connectivity index (χ1v) is 8.57. The van der Waals surface area contributed by atoms with Gasteiger partial charge in [-0.25, -0.2) is 4.98 Å². The highest BCUT2D eigenvalue weighted by Gasteiger charge is 2.24. The van der Waals surface area contributed by atoms with Gasteiger partial charge in [0.25, 0.3) is 0 Å². The zero-order valence-corrected chi connectivity index (χ0v) is 15.2. The number of pyridine rings is 1. The van der Waals surface area contributed by atoms with Gasteiger partial charge < -0.3 is 10.2 Å². The molecule has 140 valence electrons. The molecule has 0 fully saturated rings. The zero-order chi connectivity index (χ0) is 19.4. The number of nitro groups is 1. The lowest BCUT2D eigenvalue weighted by molar-refractivity contribution is -0.385. The molecular formula is C19H21N5O3. The van der Waals surface area contributed by atoms with Crippen LogP contribution in [0.1, 0.15) is 5.56 Å². The number of aromatic nitrogens is 2. The summed E-state index contributed by atoms with van der Waals surface area (Å²) in [7, 11) is 3.90. The van der Waals surface area contributed by atoms with Gasteiger partial charge in [0, 0.05) is 18.8 Å². The summed E-state index contributed by atoms with van der Waals surface area (Å²) in [6.45, 7) is 0.415. The second kappa shape index (κ2) is 7.96. The molecule has 8 nitrogen and oxygen atoms in total. The molecule has 3 rings (SSSR count). The van der Waals surface area contributed by atoms with E-state index in [1.807, 2.05) is 49.3 Å². The summed E-state index contributed by atoms with van der Waals surface area (Å²) >= 11 is 0. The Morgan fingerprint density at radius 3 is 2.56 bits per heavy atom. The van der Waals surface area contributed by atoms with E-state index in [4.69, 9.17) is 0 Å². The fourth-order valence-corrected chi connectivity index (χ4v) is 2.91. The maximum Gasteiger partial charge on any atom is 0.376 e. The predicted octanol–water partition coefficient (Wildman–Crippen LogP) is 2.19. The van der Waals surface area contributed by atoms with Crippen molar-refractivity contribution >= 4 is 17.2 Å². The highest BCUT2D eigenvalue weighted by atomic mass is 16.6. The van der Waals surface area contributed by atoms with Crippen molar-refractivity contribution in [2.24, 2.45) is 0 Å². The Balaban J connectivity index is 1.89. The van der Waals surface area contributed by atoms with Crippen molar-refractivity contribution in [3.05, 3.63) is 80.8 Å². The van der Waals surface area contributed by atoms with Crippen LogP contribution in [0.3, 0.4) is 0 Å². The lowest BCUT2D eigenvalue weighted by Gasteiger charge is -2.25. The molecule has 2 heterocycles. The second-order valence-corrected chi connectivity index (χ2v) is 6.49. The third-order valence-corrected chi connectivity index (χ3v) is 4.44. The second-order valence-electron chi connectivity index (χ2n) is 6.49. The van der Waals surface area contributed by atoms with Gasteiger partial charge in [0.05, 0.1) is 4.92 Å². The molecule has 2 aromatic heterocycles. The Bertz CT molecular complexity index is 1000. The van der Waals surface area contributed by atoms with Crippen molar-refractivity contribution in [3.8, 4) is 0 Å². The third-order valence-electron chi connectivity index (χ3n) is 4.44. The first-order chi connectivity index (χ1) is 13.0. The molecule has 0 radical (unpaired) electrons. The Morgan fingerprint density at radius 2 is 1.89 bits per heavy atom. The van der Waals surface area contributed by atoms with Crippen molar-refractivity contribution in [2.75, 3.05) is 26.0 Å². The standard InChI is InChI=1S/C19H21N5O3/c1-22(2)15(12-14-8-4-3-5-9-14)13-20-18-17(24(26)27)19(25)23-11-7-6-10-16(23)21-18/h3-11,15,20H,12-13H2,1-2H3. The molecule has 1 N–H and O–H groups in total. The molecule has 0 bridgehead atoms. The van der Waals surface area contributed by atoms with Crippen molar-refractivity contribution < 1.29 is 4.92 Å². The van der Waals surface area contributed by atoms with E-state index in [0.29, 0.717) is 12.2 Å². The number of hydrogen-bond donors (Lipinski definition) is 1. The summed E-state index contributed by atoms with van der Waals surface area (Å²) in [6, 6.07) is 15.1. The van der Waals surface area contributed by atoms with E-state index in [0.717, 1.165) is 6.42 Å². The molecule has 1 unspecified atom stereocenters. The van der Waals surface area contributed by atoms with E-state index in [-0.39, 0.29) is 11.9 Å². The fourth-order valence-electron chi connectivity index (χ4n) is 2.91. The predicted molar refractivity (Wildman–Crippen MR) is 104 cm³/mol. The van der Waals surface area contributed by atoms with Crippen LogP contribution in [0.4, 0.5) is 11.5 Å². The van der Waals surface area contributed by atoms with Crippen molar-refractivity contribution in [2.45, 2.75) is 12.5 Å². The highest BCUT2D eigenvalue weighted by molar-refractivity contribution is 5.59. The van der Waals surface area contributed by atoms with E-state index >= 15 is 0 Å². The van der Waals surface area contributed by atoms with Gasteiger partial charge in [-0.05, 0) is 38.2 Å². The number of nitrogens with zero attached hydrogens (tertiary/aromatic N) is 4. The van der Waals surface area contributed by atoms with Crippen LogP contribution in [0.5, 0.6) is 0 Å². The van der Waals surface area contributed by atoms with Crippen molar-refractivity contribution in [1.82, 2.24) is 14.3 Å². The minimum atomic E-state index is -0.697. The summed E-state index contributed by atoms with van der Waals surface area (Å²) < 4.78 is 1.18. The Hall–Kier alpha value is -3.26. The monoisotopic (exact) mass is 367 g/mol. The van der Waals surface area contributed by atoms with Crippen LogP contribution in [0.15, 0.2) is 59.5 Å². The van der Waals surface area contributed by atoms with Gasteiger partial charge in [0.1, 0.15) is 5.65 Å². The molecule has 0 amide bonds. The molecule has 8 heteroatoms. The van der Waals surface area contributed by atoms with E-state index in [9.17, 15) is 14.9 Å². The molecular weight excluding hydrogens is 346 g/mol. The topological polar surface area (TPSA) is 92.8 Å². The average molecular weight is 367 g/mol. The number of likely N-dealkylation sites (N-methyl/N-ethyl adjacent to an activating group) is 1. The normalized spacial score (nSPS) is 12.3. The SMILES string of the molecule is CN(C)C(CNc1nc2ccccn2c(=O)c1[N+](=O)[O-])Cc1ccccc1. The number of benzene rings is 1. The van der Waals surface area contributed by atoms with Crippen LogP contribution in [-0.2, 0) is 6.42 Å². The third kappa shape index (κ3) is 4.12. The van der Waals surface area contributed by atoms with Crippen LogP contribution >= 0.6 is 0 Å². The molecule has 0 aliphatic rings. The van der Waals surface area contributed by atoms with Crippen LogP contribution in [0, 0.1) is 10.1 Å². The molecule has 3 aromatic rings. The van der Waals surface area contributed by atoms with E-state index in [1.165, 1.54) is 16.2 Å². The molecule has 1 atom stereocenters. The van der Waals surface area contributed by atoms with E-state index in [1.54, 1.807) is 18.2 Å². The van der Waals surface area contributed by atoms with Crippen molar-refractivity contribution in [3.63, 3.8) is 0 Å². The molecule has 0 aliphatic heterocycles. The number of rotatable bonds is 7. The number of hydrogen-bond acceptors (Lipinski definition) is 6. The largest absolute Gasteiger partial charge is 0.376 e. The number of nitrogens with one attached hydrogen (secondary N) is 1. The Labute approximate surface area is 156 Å². The molecule has 27 heavy (non-hydrogen) atoms. The van der Waals surface area contributed by atoms with Crippen LogP contribution in [0.2, 0.25) is 0 Å². The maximum absolute atomic E-state index is 12.5. The first kappa shape index (κ1) is 18.5.